The van der Waals surface area contributed by atoms with Crippen LogP contribution in [0.1, 0.15) is 27.8 Å². The van der Waals surface area contributed by atoms with Gasteiger partial charge in [0.05, 0.1) is 7.11 Å². The molecule has 27 heavy (non-hydrogen) atoms. The zero-order chi connectivity index (χ0) is 19.0. The molecule has 0 fully saturated rings. The van der Waals surface area contributed by atoms with Gasteiger partial charge in [0.2, 0.25) is 0 Å². The smallest absolute Gasteiger partial charge is 0.130 e. The molecule has 0 aromatic heterocycles. The minimum atomic E-state index is 0.258. The van der Waals surface area contributed by atoms with Crippen molar-refractivity contribution in [2.24, 2.45) is 0 Å². The molecule has 1 N–H and O–H groups in total. The van der Waals surface area contributed by atoms with Crippen LogP contribution in [-0.2, 0) is 0 Å². The van der Waals surface area contributed by atoms with Crippen LogP contribution in [0.5, 0.6) is 17.2 Å². The molecule has 0 aliphatic carbocycles. The van der Waals surface area contributed by atoms with Gasteiger partial charge in [0.1, 0.15) is 23.9 Å². The van der Waals surface area contributed by atoms with Crippen molar-refractivity contribution >= 4 is 11.1 Å². The molecule has 3 aromatic carbocycles. The number of phenols is 1. The van der Waals surface area contributed by atoms with E-state index in [1.165, 1.54) is 11.1 Å². The van der Waals surface area contributed by atoms with E-state index in [9.17, 15) is 5.11 Å². The van der Waals surface area contributed by atoms with Gasteiger partial charge in [-0.1, -0.05) is 36.4 Å². The number of phenolic OH excluding ortho intramolecular Hbond substituents is 1. The molecule has 0 bridgehead atoms. The summed E-state index contributed by atoms with van der Waals surface area (Å²) in [6, 6.07) is 19.7. The Morgan fingerprint density at radius 2 is 1.52 bits per heavy atom. The van der Waals surface area contributed by atoms with Crippen molar-refractivity contribution in [3.05, 3.63) is 88.5 Å². The Kier molecular flexibility index (Phi) is 4.36. The predicted octanol–water partition coefficient (Wildman–Crippen LogP) is 5.37. The lowest BCUT2D eigenvalue weighted by Crippen LogP contribution is -2.13. The van der Waals surface area contributed by atoms with E-state index in [2.05, 4.69) is 38.1 Å². The number of benzene rings is 3. The van der Waals surface area contributed by atoms with Gasteiger partial charge in [-0.2, -0.15) is 0 Å². The number of aryl methyl sites for hydroxylation is 1. The molecule has 0 unspecified atom stereocenters. The van der Waals surface area contributed by atoms with Gasteiger partial charge in [0, 0.05) is 11.1 Å². The van der Waals surface area contributed by atoms with Crippen LogP contribution >= 0.6 is 0 Å². The molecule has 1 heterocycles. The van der Waals surface area contributed by atoms with E-state index >= 15 is 0 Å². The van der Waals surface area contributed by atoms with Crippen LogP contribution in [0.4, 0.5) is 0 Å². The van der Waals surface area contributed by atoms with Gasteiger partial charge >= 0.3 is 0 Å². The van der Waals surface area contributed by atoms with Crippen molar-refractivity contribution in [2.45, 2.75) is 13.8 Å². The maximum Gasteiger partial charge on any atom is 0.130 e. The van der Waals surface area contributed by atoms with E-state index in [1.54, 1.807) is 19.2 Å². The molecular weight excluding hydrogens is 336 g/mol. The first-order valence-corrected chi connectivity index (χ1v) is 8.99. The van der Waals surface area contributed by atoms with Crippen LogP contribution in [0.15, 0.2) is 60.7 Å². The largest absolute Gasteiger partial charge is 0.508 e. The summed E-state index contributed by atoms with van der Waals surface area (Å²) in [4.78, 5) is 0. The Bertz CT molecular complexity index is 1010. The average molecular weight is 358 g/mol. The van der Waals surface area contributed by atoms with Crippen LogP contribution in [-0.4, -0.2) is 18.8 Å². The molecule has 1 aliphatic heterocycles. The second-order valence-corrected chi connectivity index (χ2v) is 6.80. The Morgan fingerprint density at radius 3 is 2.19 bits per heavy atom. The standard InChI is InChI=1S/C24H22O3/c1-15-4-13-21-23(18-7-11-20(26-3)12-8-18)22(14-27-24(21)16(15)2)17-5-9-19(25)10-6-17/h4-13,25H,14H2,1-3H3. The van der Waals surface area contributed by atoms with E-state index in [-0.39, 0.29) is 5.75 Å². The fourth-order valence-electron chi connectivity index (χ4n) is 3.53. The minimum absolute atomic E-state index is 0.258. The number of ether oxygens (including phenoxy) is 2. The quantitative estimate of drug-likeness (QED) is 0.684. The summed E-state index contributed by atoms with van der Waals surface area (Å²) in [5, 5.41) is 9.66. The molecule has 0 spiro atoms. The first-order chi connectivity index (χ1) is 13.1. The summed E-state index contributed by atoms with van der Waals surface area (Å²) in [5.74, 6) is 2.04. The SMILES string of the molecule is COc1ccc(C2=C(c3ccc(O)cc3)COc3c2ccc(C)c3C)cc1. The molecule has 3 heteroatoms. The summed E-state index contributed by atoms with van der Waals surface area (Å²) < 4.78 is 11.5. The first-order valence-electron chi connectivity index (χ1n) is 8.99. The second-order valence-electron chi connectivity index (χ2n) is 6.80. The number of hydrogen-bond acceptors (Lipinski definition) is 3. The number of fused-ring (bicyclic) bond motifs is 1. The van der Waals surface area contributed by atoms with Crippen molar-refractivity contribution in [2.75, 3.05) is 13.7 Å². The zero-order valence-electron chi connectivity index (χ0n) is 15.7. The van der Waals surface area contributed by atoms with Gasteiger partial charge in [-0.15, -0.1) is 0 Å². The summed E-state index contributed by atoms with van der Waals surface area (Å²) >= 11 is 0. The molecule has 0 amide bonds. The van der Waals surface area contributed by atoms with Crippen molar-refractivity contribution in [3.8, 4) is 17.2 Å². The number of aromatic hydroxyl groups is 1. The average Bonchev–Trinajstić information content (AvgIpc) is 2.71. The van der Waals surface area contributed by atoms with Gasteiger partial charge < -0.3 is 14.6 Å². The lowest BCUT2D eigenvalue weighted by molar-refractivity contribution is 0.362. The second kappa shape index (κ2) is 6.84. The molecule has 3 nitrogen and oxygen atoms in total. The minimum Gasteiger partial charge on any atom is -0.508 e. The van der Waals surface area contributed by atoms with E-state index < -0.39 is 0 Å². The number of methoxy groups -OCH3 is 1. The van der Waals surface area contributed by atoms with Gasteiger partial charge in [0.15, 0.2) is 0 Å². The molecule has 0 saturated carbocycles. The predicted molar refractivity (Wildman–Crippen MR) is 108 cm³/mol. The monoisotopic (exact) mass is 358 g/mol. The molecule has 0 atom stereocenters. The fraction of sp³-hybridized carbons (Fsp3) is 0.167. The highest BCUT2D eigenvalue weighted by molar-refractivity contribution is 6.02. The van der Waals surface area contributed by atoms with E-state index in [0.717, 1.165) is 39.3 Å². The van der Waals surface area contributed by atoms with Gasteiger partial charge in [-0.25, -0.2) is 0 Å². The lowest BCUT2D eigenvalue weighted by Gasteiger charge is -2.27. The molecule has 0 saturated heterocycles. The van der Waals surface area contributed by atoms with Crippen LogP contribution in [0.3, 0.4) is 0 Å². The highest BCUT2D eigenvalue weighted by Crippen LogP contribution is 2.43. The van der Waals surface area contributed by atoms with Crippen molar-refractivity contribution in [1.82, 2.24) is 0 Å². The lowest BCUT2D eigenvalue weighted by atomic mass is 9.86. The van der Waals surface area contributed by atoms with Crippen LogP contribution < -0.4 is 9.47 Å². The van der Waals surface area contributed by atoms with Crippen molar-refractivity contribution < 1.29 is 14.6 Å². The molecule has 3 aromatic rings. The number of hydrogen-bond donors (Lipinski definition) is 1. The van der Waals surface area contributed by atoms with Crippen molar-refractivity contribution in [1.29, 1.82) is 0 Å². The molecule has 1 aliphatic rings. The highest BCUT2D eigenvalue weighted by atomic mass is 16.5. The Hall–Kier alpha value is -3.20. The normalized spacial score (nSPS) is 13.1. The van der Waals surface area contributed by atoms with Gasteiger partial charge in [-0.05, 0) is 65.9 Å². The Balaban J connectivity index is 1.97. The Morgan fingerprint density at radius 1 is 0.852 bits per heavy atom. The third-order valence-corrected chi connectivity index (χ3v) is 5.20. The molecular formula is C24H22O3. The van der Waals surface area contributed by atoms with Crippen molar-refractivity contribution in [3.63, 3.8) is 0 Å². The van der Waals surface area contributed by atoms with E-state index in [4.69, 9.17) is 9.47 Å². The van der Waals surface area contributed by atoms with Gasteiger partial charge in [0.25, 0.3) is 0 Å². The highest BCUT2D eigenvalue weighted by Gasteiger charge is 2.24. The molecule has 136 valence electrons. The third-order valence-electron chi connectivity index (χ3n) is 5.20. The summed E-state index contributed by atoms with van der Waals surface area (Å²) in [6.07, 6.45) is 0. The topological polar surface area (TPSA) is 38.7 Å². The maximum atomic E-state index is 9.66. The summed E-state index contributed by atoms with van der Waals surface area (Å²) in [5.41, 5.74) is 7.91. The molecule has 0 radical (unpaired) electrons. The molecule has 4 rings (SSSR count). The van der Waals surface area contributed by atoms with E-state index in [0.29, 0.717) is 6.61 Å². The van der Waals surface area contributed by atoms with Crippen LogP contribution in [0.2, 0.25) is 0 Å². The van der Waals surface area contributed by atoms with E-state index in [1.807, 2.05) is 24.3 Å². The Labute approximate surface area is 159 Å². The first kappa shape index (κ1) is 17.2. The fourth-order valence-corrected chi connectivity index (χ4v) is 3.53. The maximum absolute atomic E-state index is 9.66. The zero-order valence-corrected chi connectivity index (χ0v) is 15.7. The summed E-state index contributed by atoms with van der Waals surface area (Å²) in [6.45, 7) is 4.69. The van der Waals surface area contributed by atoms with Crippen LogP contribution in [0.25, 0.3) is 11.1 Å². The summed E-state index contributed by atoms with van der Waals surface area (Å²) in [7, 11) is 1.67. The third kappa shape index (κ3) is 3.06. The number of rotatable bonds is 3. The van der Waals surface area contributed by atoms with Gasteiger partial charge in [-0.3, -0.25) is 0 Å². The van der Waals surface area contributed by atoms with Crippen LogP contribution in [0, 0.1) is 13.8 Å².